The number of carbonyl (C=O) groups is 1. The highest BCUT2D eigenvalue weighted by Crippen LogP contribution is 2.24. The van der Waals surface area contributed by atoms with Gasteiger partial charge in [0.25, 0.3) is 5.69 Å². The second-order valence-corrected chi connectivity index (χ2v) is 4.87. The molecule has 0 saturated carbocycles. The summed E-state index contributed by atoms with van der Waals surface area (Å²) < 4.78 is 18.6. The van der Waals surface area contributed by atoms with E-state index in [0.717, 1.165) is 17.7 Å². The molecule has 7 nitrogen and oxygen atoms in total. The maximum atomic E-state index is 13.7. The van der Waals surface area contributed by atoms with Gasteiger partial charge in [0.1, 0.15) is 18.1 Å². The van der Waals surface area contributed by atoms with Crippen molar-refractivity contribution in [3.63, 3.8) is 0 Å². The molecule has 2 rings (SSSR count). The summed E-state index contributed by atoms with van der Waals surface area (Å²) in [5.74, 6) is 4.13. The van der Waals surface area contributed by atoms with Crippen LogP contribution in [-0.4, -0.2) is 17.6 Å². The van der Waals surface area contributed by atoms with Gasteiger partial charge >= 0.3 is 6.09 Å². The first kappa shape index (κ1) is 17.7. The van der Waals surface area contributed by atoms with E-state index >= 15 is 0 Å². The van der Waals surface area contributed by atoms with Gasteiger partial charge in [-0.15, -0.1) is 0 Å². The van der Waals surface area contributed by atoms with E-state index in [-0.39, 0.29) is 24.4 Å². The summed E-state index contributed by atoms with van der Waals surface area (Å²) in [7, 11) is 0. The minimum atomic E-state index is -0.776. The number of nitrogens with one attached hydrogen (secondary N) is 1. The Bertz CT molecular complexity index is 844. The third-order valence-corrected chi connectivity index (χ3v) is 3.07. The molecule has 0 heterocycles. The molecule has 128 valence electrons. The first-order valence-electron chi connectivity index (χ1n) is 7.14. The van der Waals surface area contributed by atoms with E-state index in [1.165, 1.54) is 0 Å². The van der Waals surface area contributed by atoms with E-state index in [0.29, 0.717) is 0 Å². The van der Waals surface area contributed by atoms with Crippen LogP contribution < -0.4 is 11.1 Å². The number of amides is 1. The Morgan fingerprint density at radius 1 is 1.32 bits per heavy atom. The van der Waals surface area contributed by atoms with Crippen molar-refractivity contribution >= 4 is 17.5 Å². The highest BCUT2D eigenvalue weighted by atomic mass is 19.1. The lowest BCUT2D eigenvalue weighted by Gasteiger charge is -2.04. The molecule has 0 unspecified atom stereocenters. The van der Waals surface area contributed by atoms with Gasteiger partial charge in [-0.05, 0) is 5.56 Å². The lowest BCUT2D eigenvalue weighted by atomic mass is 10.1. The summed E-state index contributed by atoms with van der Waals surface area (Å²) in [6.07, 6.45) is -0.679. The Labute approximate surface area is 142 Å². The van der Waals surface area contributed by atoms with Gasteiger partial charge in [-0.3, -0.25) is 10.1 Å². The van der Waals surface area contributed by atoms with Gasteiger partial charge in [0, 0.05) is 12.1 Å². The van der Waals surface area contributed by atoms with Gasteiger partial charge in [0.05, 0.1) is 17.0 Å². The number of nitrogen functional groups attached to an aromatic ring is 1. The lowest BCUT2D eigenvalue weighted by Crippen LogP contribution is -2.24. The van der Waals surface area contributed by atoms with Gasteiger partial charge in [0.15, 0.2) is 0 Å². The molecule has 25 heavy (non-hydrogen) atoms. The molecule has 1 amide bonds. The van der Waals surface area contributed by atoms with Crippen molar-refractivity contribution in [2.75, 3.05) is 12.3 Å². The summed E-state index contributed by atoms with van der Waals surface area (Å²) in [5.41, 5.74) is 5.31. The van der Waals surface area contributed by atoms with Crippen LogP contribution >= 0.6 is 0 Å². The number of nitrogens with two attached hydrogens (primary N) is 1. The molecular weight excluding hydrogens is 329 g/mol. The van der Waals surface area contributed by atoms with Gasteiger partial charge in [-0.2, -0.15) is 0 Å². The number of rotatable bonds is 4. The first-order valence-corrected chi connectivity index (χ1v) is 7.14. The van der Waals surface area contributed by atoms with E-state index in [4.69, 9.17) is 10.5 Å². The first-order chi connectivity index (χ1) is 12.0. The Balaban J connectivity index is 1.89. The Morgan fingerprint density at radius 2 is 2.04 bits per heavy atom. The predicted molar refractivity (Wildman–Crippen MR) is 89.0 cm³/mol. The summed E-state index contributed by atoms with van der Waals surface area (Å²) in [6, 6.07) is 10.9. The molecule has 0 aliphatic carbocycles. The van der Waals surface area contributed by atoms with Crippen LogP contribution in [-0.2, 0) is 11.3 Å². The number of nitro groups is 1. The molecule has 0 bridgehead atoms. The number of hydrogen-bond acceptors (Lipinski definition) is 5. The molecular formula is C17H14FN3O4. The zero-order valence-electron chi connectivity index (χ0n) is 13.0. The van der Waals surface area contributed by atoms with Crippen molar-refractivity contribution in [2.45, 2.75) is 6.61 Å². The Hall–Kier alpha value is -3.60. The van der Waals surface area contributed by atoms with Crippen molar-refractivity contribution in [3.05, 3.63) is 69.5 Å². The molecule has 0 aliphatic rings. The largest absolute Gasteiger partial charge is 0.445 e. The highest BCUT2D eigenvalue weighted by molar-refractivity contribution is 5.67. The second-order valence-electron chi connectivity index (χ2n) is 4.87. The Kier molecular flexibility index (Phi) is 5.90. The molecule has 0 aromatic heterocycles. The number of benzene rings is 2. The van der Waals surface area contributed by atoms with E-state index < -0.39 is 22.5 Å². The van der Waals surface area contributed by atoms with Crippen LogP contribution in [0.1, 0.15) is 11.1 Å². The zero-order chi connectivity index (χ0) is 18.2. The summed E-state index contributed by atoms with van der Waals surface area (Å²) >= 11 is 0. The van der Waals surface area contributed by atoms with Crippen LogP contribution in [0.25, 0.3) is 0 Å². The fourth-order valence-corrected chi connectivity index (χ4v) is 1.86. The molecule has 0 atom stereocenters. The molecule has 2 aromatic rings. The number of anilines is 1. The third kappa shape index (κ3) is 5.21. The molecule has 0 saturated heterocycles. The molecule has 0 aliphatic heterocycles. The number of alkyl carbamates (subject to hydrolysis) is 1. The molecule has 0 radical (unpaired) electrons. The van der Waals surface area contributed by atoms with Crippen LogP contribution in [0, 0.1) is 27.8 Å². The second kappa shape index (κ2) is 8.31. The average Bonchev–Trinajstić information content (AvgIpc) is 2.59. The number of nitro benzene ring substituents is 1. The van der Waals surface area contributed by atoms with Crippen molar-refractivity contribution in [2.24, 2.45) is 0 Å². The standard InChI is InChI=1S/C17H14FN3O4/c18-14-10-15(19)16(21(23)24)9-13(14)7-4-8-20-17(22)25-11-12-5-2-1-3-6-12/h1-3,5-6,9-10H,8,11,19H2,(H,20,22). The number of nitrogens with zero attached hydrogens (tertiary/aromatic N) is 1. The minimum Gasteiger partial charge on any atom is -0.445 e. The van der Waals surface area contributed by atoms with Crippen molar-refractivity contribution in [1.82, 2.24) is 5.32 Å². The van der Waals surface area contributed by atoms with Gasteiger partial charge in [-0.1, -0.05) is 42.2 Å². The maximum absolute atomic E-state index is 13.7. The van der Waals surface area contributed by atoms with E-state index in [1.54, 1.807) is 0 Å². The maximum Gasteiger partial charge on any atom is 0.408 e. The summed E-state index contributed by atoms with van der Waals surface area (Å²) in [4.78, 5) is 21.6. The van der Waals surface area contributed by atoms with Gasteiger partial charge in [-0.25, -0.2) is 9.18 Å². The fourth-order valence-electron chi connectivity index (χ4n) is 1.86. The molecule has 3 N–H and O–H groups in total. The van der Waals surface area contributed by atoms with Crippen LogP contribution in [0.5, 0.6) is 0 Å². The molecule has 2 aromatic carbocycles. The molecule has 8 heteroatoms. The topological polar surface area (TPSA) is 107 Å². The van der Waals surface area contributed by atoms with Crippen molar-refractivity contribution in [3.8, 4) is 11.8 Å². The van der Waals surface area contributed by atoms with Crippen molar-refractivity contribution < 1.29 is 18.8 Å². The lowest BCUT2D eigenvalue weighted by molar-refractivity contribution is -0.384. The van der Waals surface area contributed by atoms with Crippen LogP contribution in [0.2, 0.25) is 0 Å². The van der Waals surface area contributed by atoms with Crippen LogP contribution in [0.3, 0.4) is 0 Å². The quantitative estimate of drug-likeness (QED) is 0.384. The van der Waals surface area contributed by atoms with Crippen molar-refractivity contribution in [1.29, 1.82) is 0 Å². The SMILES string of the molecule is Nc1cc(F)c(C#CCNC(=O)OCc2ccccc2)cc1[N+](=O)[O-]. The normalized spacial score (nSPS) is 9.64. The predicted octanol–water partition coefficient (Wildman–Crippen LogP) is 2.59. The number of halogens is 1. The van der Waals surface area contributed by atoms with E-state index in [1.807, 2.05) is 30.3 Å². The smallest absolute Gasteiger partial charge is 0.408 e. The van der Waals surface area contributed by atoms with E-state index in [9.17, 15) is 19.3 Å². The summed E-state index contributed by atoms with van der Waals surface area (Å²) in [5, 5.41) is 13.2. The Morgan fingerprint density at radius 3 is 2.72 bits per heavy atom. The van der Waals surface area contributed by atoms with Crippen LogP contribution in [0.4, 0.5) is 20.6 Å². The number of ether oxygens (including phenoxy) is 1. The highest BCUT2D eigenvalue weighted by Gasteiger charge is 2.15. The van der Waals surface area contributed by atoms with Crippen LogP contribution in [0.15, 0.2) is 42.5 Å². The zero-order valence-corrected chi connectivity index (χ0v) is 13.0. The van der Waals surface area contributed by atoms with Gasteiger partial charge < -0.3 is 15.8 Å². The summed E-state index contributed by atoms with van der Waals surface area (Å²) in [6.45, 7) is 0.00409. The minimum absolute atomic E-state index is 0.106. The number of hydrogen-bond donors (Lipinski definition) is 2. The third-order valence-electron chi connectivity index (χ3n) is 3.07. The average molecular weight is 343 g/mol. The van der Waals surface area contributed by atoms with E-state index in [2.05, 4.69) is 17.2 Å². The number of carbonyl (C=O) groups excluding carboxylic acids is 1. The fraction of sp³-hybridized carbons (Fsp3) is 0.118. The molecule has 0 spiro atoms. The van der Waals surface area contributed by atoms with Gasteiger partial charge in [0.2, 0.25) is 0 Å². The molecule has 0 fully saturated rings. The monoisotopic (exact) mass is 343 g/mol.